The first-order valence-electron chi connectivity index (χ1n) is 5.36. The first kappa shape index (κ1) is 10.7. The van der Waals surface area contributed by atoms with Crippen LogP contribution < -0.4 is 0 Å². The normalized spacial score (nSPS) is 25.5. The fourth-order valence-electron chi connectivity index (χ4n) is 2.19. The van der Waals surface area contributed by atoms with Crippen molar-refractivity contribution in [3.8, 4) is 0 Å². The third kappa shape index (κ3) is 2.43. The van der Waals surface area contributed by atoms with Crippen molar-refractivity contribution in [1.29, 1.82) is 0 Å². The highest BCUT2D eigenvalue weighted by Crippen LogP contribution is 2.40. The third-order valence-electron chi connectivity index (χ3n) is 3.49. The number of Topliss-reactive ketones (excluding diaryl/α,β-unsaturated/α-hetero) is 1. The number of hydrogen-bond acceptors (Lipinski definition) is 4. The molecule has 4 heteroatoms. The SMILES string of the molecule is CC1(C)CCC(=O)CC1Cc1cnsn1. The molecular formula is C11H16N2OS. The molecule has 0 N–H and O–H groups in total. The summed E-state index contributed by atoms with van der Waals surface area (Å²) in [5.74, 6) is 0.838. The van der Waals surface area contributed by atoms with Crippen molar-refractivity contribution < 1.29 is 4.79 Å². The molecule has 3 nitrogen and oxygen atoms in total. The van der Waals surface area contributed by atoms with E-state index < -0.39 is 0 Å². The molecule has 0 aromatic carbocycles. The second-order valence-electron chi connectivity index (χ2n) is 5.03. The Balaban J connectivity index is 2.08. The lowest BCUT2D eigenvalue weighted by molar-refractivity contribution is -0.124. The number of hydrogen-bond donors (Lipinski definition) is 0. The monoisotopic (exact) mass is 224 g/mol. The Kier molecular flexibility index (Phi) is 2.87. The molecule has 1 saturated carbocycles. The van der Waals surface area contributed by atoms with Crippen LogP contribution in [0.15, 0.2) is 6.20 Å². The Bertz CT molecular complexity index is 345. The maximum Gasteiger partial charge on any atom is 0.133 e. The predicted octanol–water partition coefficient (Wildman–Crippen LogP) is 2.48. The van der Waals surface area contributed by atoms with Crippen LogP contribution in [0.4, 0.5) is 0 Å². The quantitative estimate of drug-likeness (QED) is 0.775. The minimum atomic E-state index is 0.261. The molecule has 82 valence electrons. The van der Waals surface area contributed by atoms with Crippen LogP contribution in [0.3, 0.4) is 0 Å². The Morgan fingerprint density at radius 2 is 2.40 bits per heavy atom. The smallest absolute Gasteiger partial charge is 0.133 e. The van der Waals surface area contributed by atoms with Crippen LogP contribution in [-0.4, -0.2) is 14.5 Å². The van der Waals surface area contributed by atoms with Gasteiger partial charge < -0.3 is 0 Å². The lowest BCUT2D eigenvalue weighted by Crippen LogP contribution is -2.33. The zero-order chi connectivity index (χ0) is 10.9. The highest BCUT2D eigenvalue weighted by Gasteiger charge is 2.35. The lowest BCUT2D eigenvalue weighted by Gasteiger charge is -2.37. The van der Waals surface area contributed by atoms with Gasteiger partial charge in [0, 0.05) is 12.8 Å². The van der Waals surface area contributed by atoms with Crippen molar-refractivity contribution in [2.24, 2.45) is 11.3 Å². The number of carbonyl (C=O) groups excluding carboxylic acids is 1. The highest BCUT2D eigenvalue weighted by atomic mass is 32.1. The van der Waals surface area contributed by atoms with Crippen molar-refractivity contribution in [1.82, 2.24) is 8.75 Å². The van der Waals surface area contributed by atoms with Gasteiger partial charge in [0.1, 0.15) is 5.78 Å². The number of carbonyl (C=O) groups is 1. The van der Waals surface area contributed by atoms with E-state index in [1.165, 1.54) is 11.7 Å². The Labute approximate surface area is 94.2 Å². The first-order valence-corrected chi connectivity index (χ1v) is 6.09. The van der Waals surface area contributed by atoms with Gasteiger partial charge in [0.05, 0.1) is 23.6 Å². The summed E-state index contributed by atoms with van der Waals surface area (Å²) in [6.07, 6.45) is 5.19. The molecule has 0 bridgehead atoms. The molecule has 15 heavy (non-hydrogen) atoms. The highest BCUT2D eigenvalue weighted by molar-refractivity contribution is 6.99. The van der Waals surface area contributed by atoms with E-state index in [4.69, 9.17) is 0 Å². The minimum absolute atomic E-state index is 0.261. The van der Waals surface area contributed by atoms with Gasteiger partial charge >= 0.3 is 0 Å². The van der Waals surface area contributed by atoms with Gasteiger partial charge in [0.2, 0.25) is 0 Å². The first-order chi connectivity index (χ1) is 7.08. The summed E-state index contributed by atoms with van der Waals surface area (Å²) in [4.78, 5) is 11.5. The maximum atomic E-state index is 11.5. The average molecular weight is 224 g/mol. The fourth-order valence-corrected chi connectivity index (χ4v) is 2.64. The molecule has 1 aliphatic rings. The van der Waals surface area contributed by atoms with Crippen molar-refractivity contribution in [2.45, 2.75) is 39.5 Å². The van der Waals surface area contributed by atoms with Gasteiger partial charge in [0.15, 0.2) is 0 Å². The van der Waals surface area contributed by atoms with Crippen LogP contribution in [0.5, 0.6) is 0 Å². The molecule has 1 heterocycles. The summed E-state index contributed by atoms with van der Waals surface area (Å²) in [5.41, 5.74) is 1.30. The molecule has 0 spiro atoms. The molecular weight excluding hydrogens is 208 g/mol. The van der Waals surface area contributed by atoms with Crippen molar-refractivity contribution in [3.63, 3.8) is 0 Å². The van der Waals surface area contributed by atoms with E-state index >= 15 is 0 Å². The summed E-state index contributed by atoms with van der Waals surface area (Å²) in [7, 11) is 0. The molecule has 1 aromatic heterocycles. The Morgan fingerprint density at radius 3 is 3.07 bits per heavy atom. The predicted molar refractivity (Wildman–Crippen MR) is 59.7 cm³/mol. The Morgan fingerprint density at radius 1 is 1.60 bits per heavy atom. The molecule has 1 fully saturated rings. The summed E-state index contributed by atoms with van der Waals surface area (Å²) < 4.78 is 8.22. The molecule has 1 aliphatic carbocycles. The van der Waals surface area contributed by atoms with Crippen LogP contribution in [0.25, 0.3) is 0 Å². The molecule has 1 unspecified atom stereocenters. The summed E-state index contributed by atoms with van der Waals surface area (Å²) in [5, 5.41) is 0. The zero-order valence-corrected chi connectivity index (χ0v) is 10.0. The minimum Gasteiger partial charge on any atom is -0.300 e. The van der Waals surface area contributed by atoms with Crippen molar-refractivity contribution in [3.05, 3.63) is 11.9 Å². The molecule has 1 atom stereocenters. The Hall–Kier alpha value is -0.770. The van der Waals surface area contributed by atoms with E-state index in [-0.39, 0.29) is 5.41 Å². The second kappa shape index (κ2) is 4.00. The topological polar surface area (TPSA) is 42.9 Å². The van der Waals surface area contributed by atoms with Crippen LogP contribution in [0.2, 0.25) is 0 Å². The van der Waals surface area contributed by atoms with Gasteiger partial charge in [-0.3, -0.25) is 4.79 Å². The summed E-state index contributed by atoms with van der Waals surface area (Å²) in [6, 6.07) is 0. The van der Waals surface area contributed by atoms with E-state index in [1.54, 1.807) is 0 Å². The standard InChI is InChI=1S/C11H16N2OS/c1-11(2)4-3-10(14)6-8(11)5-9-7-12-15-13-9/h7-8H,3-6H2,1-2H3. The molecule has 1 aromatic rings. The number of nitrogens with zero attached hydrogens (tertiary/aromatic N) is 2. The van der Waals surface area contributed by atoms with Gasteiger partial charge in [-0.2, -0.15) is 8.75 Å². The van der Waals surface area contributed by atoms with E-state index in [2.05, 4.69) is 22.6 Å². The fraction of sp³-hybridized carbons (Fsp3) is 0.727. The summed E-state index contributed by atoms with van der Waals surface area (Å²) >= 11 is 1.24. The molecule has 0 saturated heterocycles. The van der Waals surface area contributed by atoms with Crippen LogP contribution >= 0.6 is 11.7 Å². The maximum absolute atomic E-state index is 11.5. The molecule has 0 amide bonds. The van der Waals surface area contributed by atoms with Gasteiger partial charge in [-0.25, -0.2) is 0 Å². The molecule has 2 rings (SSSR count). The zero-order valence-electron chi connectivity index (χ0n) is 9.19. The van der Waals surface area contributed by atoms with E-state index in [1.807, 2.05) is 6.20 Å². The van der Waals surface area contributed by atoms with Crippen molar-refractivity contribution >= 4 is 17.5 Å². The van der Waals surface area contributed by atoms with E-state index in [0.29, 0.717) is 18.1 Å². The summed E-state index contributed by atoms with van der Waals surface area (Å²) in [6.45, 7) is 4.51. The van der Waals surface area contributed by atoms with Gasteiger partial charge in [-0.1, -0.05) is 13.8 Å². The van der Waals surface area contributed by atoms with E-state index in [0.717, 1.165) is 25.0 Å². The number of rotatable bonds is 2. The van der Waals surface area contributed by atoms with Crippen LogP contribution in [-0.2, 0) is 11.2 Å². The van der Waals surface area contributed by atoms with Gasteiger partial charge in [0.25, 0.3) is 0 Å². The number of ketones is 1. The van der Waals surface area contributed by atoms with Crippen LogP contribution in [0.1, 0.15) is 38.8 Å². The molecule has 0 radical (unpaired) electrons. The second-order valence-corrected chi connectivity index (χ2v) is 5.59. The lowest BCUT2D eigenvalue weighted by atomic mass is 9.67. The third-order valence-corrected chi connectivity index (χ3v) is 4.01. The number of aromatic nitrogens is 2. The van der Waals surface area contributed by atoms with Gasteiger partial charge in [-0.15, -0.1) is 0 Å². The molecule has 0 aliphatic heterocycles. The largest absolute Gasteiger partial charge is 0.300 e. The van der Waals surface area contributed by atoms with Crippen LogP contribution in [0, 0.1) is 11.3 Å². The van der Waals surface area contributed by atoms with Gasteiger partial charge in [-0.05, 0) is 24.2 Å². The van der Waals surface area contributed by atoms with E-state index in [9.17, 15) is 4.79 Å². The van der Waals surface area contributed by atoms with Crippen molar-refractivity contribution in [2.75, 3.05) is 0 Å². The average Bonchev–Trinajstić information content (AvgIpc) is 2.65.